The first kappa shape index (κ1) is 81.0. The maximum atomic E-state index is 11.8. The van der Waals surface area contributed by atoms with Gasteiger partial charge >= 0.3 is 8.25 Å². The monoisotopic (exact) mass is 1040 g/mol. The van der Waals surface area contributed by atoms with Gasteiger partial charge in [0, 0.05) is 0 Å². The zero-order valence-electron chi connectivity index (χ0n) is 52.7. The van der Waals surface area contributed by atoms with Crippen LogP contribution in [-0.2, 0) is 13.6 Å². The van der Waals surface area contributed by atoms with Gasteiger partial charge in [-0.3, -0.25) is 4.57 Å². The molecular formula is C68H147O3P. The van der Waals surface area contributed by atoms with Crippen LogP contribution in [0.3, 0.4) is 0 Å². The highest BCUT2D eigenvalue weighted by Crippen LogP contribution is 2.25. The first-order valence-corrected chi connectivity index (χ1v) is 35.5. The van der Waals surface area contributed by atoms with Gasteiger partial charge in [0.1, 0.15) is 0 Å². The third kappa shape index (κ3) is 99.2. The van der Waals surface area contributed by atoms with E-state index in [1.807, 2.05) is 0 Å². The molecular weight excluding hydrogens is 896 g/mol. The Kier molecular flexibility index (Phi) is 98.8. The van der Waals surface area contributed by atoms with Crippen LogP contribution in [0.1, 0.15) is 429 Å². The third-order valence-corrected chi connectivity index (χ3v) is 15.1. The van der Waals surface area contributed by atoms with Crippen molar-refractivity contribution >= 4 is 8.25 Å². The second kappa shape index (κ2) is 87.8. The van der Waals surface area contributed by atoms with Crippen LogP contribution in [0.15, 0.2) is 0 Å². The summed E-state index contributed by atoms with van der Waals surface area (Å²) in [7, 11) is -2.27. The first-order valence-electron chi connectivity index (χ1n) is 34.3. The molecule has 0 saturated heterocycles. The third-order valence-electron chi connectivity index (χ3n) is 14.3. The fraction of sp³-hybridized carbons (Fsp3) is 1.00. The zero-order valence-corrected chi connectivity index (χ0v) is 53.7. The Bertz CT molecular complexity index is 691. The average Bonchev–Trinajstić information content (AvgIpc) is 3.39. The summed E-state index contributed by atoms with van der Waals surface area (Å²) in [5.41, 5.74) is 0. The molecule has 0 spiro atoms. The largest absolute Gasteiger partial charge is 0.319 e. The van der Waals surface area contributed by atoms with E-state index in [1.165, 1.54) is 347 Å². The van der Waals surface area contributed by atoms with E-state index in [0.717, 1.165) is 12.8 Å². The van der Waals surface area contributed by atoms with E-state index in [-0.39, 0.29) is 0 Å². The molecule has 0 amide bonds. The minimum atomic E-state index is -2.27. The van der Waals surface area contributed by atoms with Crippen molar-refractivity contribution in [2.24, 2.45) is 0 Å². The lowest BCUT2D eigenvalue weighted by Gasteiger charge is -2.06. The average molecular weight is 1040 g/mol. The first-order chi connectivity index (χ1) is 35.5. The lowest BCUT2D eigenvalue weighted by molar-refractivity contribution is 0.218. The highest BCUT2D eigenvalue weighted by molar-refractivity contribution is 7.33. The maximum absolute atomic E-state index is 11.8. The maximum Gasteiger partial charge on any atom is 0.319 e. The normalized spacial score (nSPS) is 10.8. The van der Waals surface area contributed by atoms with Gasteiger partial charge in [0.05, 0.1) is 13.2 Å². The molecule has 0 atom stereocenters. The zero-order chi connectivity index (χ0) is 54.0. The Morgan fingerprint density at radius 3 is 0.375 bits per heavy atom. The summed E-state index contributed by atoms with van der Waals surface area (Å²) in [5, 5.41) is 0. The standard InChI is InChI=1S/C28H59O3P.4C10H22/c1-3-5-7-9-11-13-15-17-19-21-23-25-27-30-32(29)31-28-26-24-22-20-18-16-14-12-10-8-6-4-2;4*1-3-5-7-9-10-8-6-4-2/h32H,3-28H2,1-2H3;4*3-10H2,1-2H3. The molecule has 4 heteroatoms. The van der Waals surface area contributed by atoms with Crippen molar-refractivity contribution in [3.63, 3.8) is 0 Å². The Balaban J connectivity index is -0.000000303. The molecule has 0 rings (SSSR count). The molecule has 0 heterocycles. The van der Waals surface area contributed by atoms with E-state index in [2.05, 4.69) is 69.2 Å². The molecule has 442 valence electrons. The Hall–Kier alpha value is 0.150. The minimum Gasteiger partial charge on any atom is -0.311 e. The smallest absolute Gasteiger partial charge is 0.311 e. The fourth-order valence-electron chi connectivity index (χ4n) is 9.07. The molecule has 0 unspecified atom stereocenters. The van der Waals surface area contributed by atoms with Gasteiger partial charge in [-0.2, -0.15) is 0 Å². The second-order valence-corrected chi connectivity index (χ2v) is 23.3. The van der Waals surface area contributed by atoms with Gasteiger partial charge < -0.3 is 9.05 Å². The number of rotatable bonds is 56. The predicted molar refractivity (Wildman–Crippen MR) is 336 cm³/mol. The summed E-state index contributed by atoms with van der Waals surface area (Å²) in [4.78, 5) is 0. The van der Waals surface area contributed by atoms with Crippen molar-refractivity contribution in [3.8, 4) is 0 Å². The van der Waals surface area contributed by atoms with E-state index in [1.54, 1.807) is 0 Å². The molecule has 0 aromatic heterocycles. The lowest BCUT2D eigenvalue weighted by Crippen LogP contribution is -1.92. The SMILES string of the molecule is CCCCCCCCCC.CCCCCCCCCC.CCCCCCCCCC.CCCCCCCCCC.CCCCCCCCCCCCCCO[PH](=O)OCCCCCCCCCCCCCC. The van der Waals surface area contributed by atoms with Crippen LogP contribution < -0.4 is 0 Å². The van der Waals surface area contributed by atoms with Crippen LogP contribution in [0, 0.1) is 0 Å². The predicted octanol–water partition coefficient (Wildman–Crippen LogP) is 27.4. The molecule has 0 aromatic carbocycles. The van der Waals surface area contributed by atoms with Crippen LogP contribution in [0.4, 0.5) is 0 Å². The molecule has 0 fully saturated rings. The summed E-state index contributed by atoms with van der Waals surface area (Å²) in [6.07, 6.45) is 77.8. The molecule has 0 aromatic rings. The number of unbranched alkanes of at least 4 members (excludes halogenated alkanes) is 50. The van der Waals surface area contributed by atoms with Crippen molar-refractivity contribution in [2.75, 3.05) is 13.2 Å². The van der Waals surface area contributed by atoms with Crippen molar-refractivity contribution in [1.82, 2.24) is 0 Å². The highest BCUT2D eigenvalue weighted by Gasteiger charge is 2.01. The fourth-order valence-corrected chi connectivity index (χ4v) is 9.77. The van der Waals surface area contributed by atoms with Crippen molar-refractivity contribution < 1.29 is 13.6 Å². The molecule has 0 bridgehead atoms. The van der Waals surface area contributed by atoms with E-state index in [0.29, 0.717) is 13.2 Å². The topological polar surface area (TPSA) is 35.5 Å². The molecule has 72 heavy (non-hydrogen) atoms. The van der Waals surface area contributed by atoms with Crippen LogP contribution in [-0.4, -0.2) is 13.2 Å². The Labute approximate surface area is 461 Å². The molecule has 0 aliphatic heterocycles. The molecule has 0 aliphatic rings. The van der Waals surface area contributed by atoms with Gasteiger partial charge in [-0.1, -0.05) is 416 Å². The molecule has 0 saturated carbocycles. The van der Waals surface area contributed by atoms with Gasteiger partial charge in [-0.05, 0) is 12.8 Å². The molecule has 0 radical (unpaired) electrons. The molecule has 0 N–H and O–H groups in total. The van der Waals surface area contributed by atoms with E-state index in [4.69, 9.17) is 9.05 Å². The summed E-state index contributed by atoms with van der Waals surface area (Å²) in [6, 6.07) is 0. The van der Waals surface area contributed by atoms with E-state index in [9.17, 15) is 4.57 Å². The van der Waals surface area contributed by atoms with Crippen LogP contribution >= 0.6 is 8.25 Å². The van der Waals surface area contributed by atoms with E-state index < -0.39 is 8.25 Å². The quantitative estimate of drug-likeness (QED) is 0.0450. The number of hydrogen-bond donors (Lipinski definition) is 0. The van der Waals surface area contributed by atoms with Gasteiger partial charge in [-0.25, -0.2) is 0 Å². The van der Waals surface area contributed by atoms with Crippen molar-refractivity contribution in [3.05, 3.63) is 0 Å². The van der Waals surface area contributed by atoms with Crippen LogP contribution in [0.25, 0.3) is 0 Å². The number of hydrogen-bond acceptors (Lipinski definition) is 3. The summed E-state index contributed by atoms with van der Waals surface area (Å²) in [6.45, 7) is 23.9. The van der Waals surface area contributed by atoms with Gasteiger partial charge in [0.15, 0.2) is 0 Å². The highest BCUT2D eigenvalue weighted by atomic mass is 31.1. The minimum absolute atomic E-state index is 0.591. The molecule has 0 aliphatic carbocycles. The summed E-state index contributed by atoms with van der Waals surface area (Å²) < 4.78 is 22.5. The second-order valence-electron chi connectivity index (χ2n) is 22.2. The van der Waals surface area contributed by atoms with Gasteiger partial charge in [-0.15, -0.1) is 0 Å². The van der Waals surface area contributed by atoms with Crippen molar-refractivity contribution in [2.45, 2.75) is 429 Å². The van der Waals surface area contributed by atoms with Crippen molar-refractivity contribution in [1.29, 1.82) is 0 Å². The van der Waals surface area contributed by atoms with Gasteiger partial charge in [0.25, 0.3) is 0 Å². The van der Waals surface area contributed by atoms with Crippen LogP contribution in [0.5, 0.6) is 0 Å². The lowest BCUT2D eigenvalue weighted by atomic mass is 10.1. The Morgan fingerprint density at radius 1 is 0.167 bits per heavy atom. The summed E-state index contributed by atoms with van der Waals surface area (Å²) >= 11 is 0. The van der Waals surface area contributed by atoms with E-state index >= 15 is 0 Å². The van der Waals surface area contributed by atoms with Crippen LogP contribution in [0.2, 0.25) is 0 Å². The molecule has 3 nitrogen and oxygen atoms in total. The Morgan fingerprint density at radius 2 is 0.264 bits per heavy atom. The van der Waals surface area contributed by atoms with Gasteiger partial charge in [0.2, 0.25) is 0 Å². The summed E-state index contributed by atoms with van der Waals surface area (Å²) in [5.74, 6) is 0.